The molecule has 1 saturated heterocycles. The van der Waals surface area contributed by atoms with Gasteiger partial charge in [-0.3, -0.25) is 9.59 Å². The van der Waals surface area contributed by atoms with Crippen LogP contribution in [0.15, 0.2) is 60.0 Å². The molecule has 3 aromatic rings. The fourth-order valence-corrected chi connectivity index (χ4v) is 4.11. The van der Waals surface area contributed by atoms with Crippen LogP contribution in [0.2, 0.25) is 0 Å². The molecule has 0 radical (unpaired) electrons. The Morgan fingerprint density at radius 1 is 1.18 bits per heavy atom. The third-order valence-corrected chi connectivity index (χ3v) is 5.80. The third-order valence-electron chi connectivity index (χ3n) is 4.86. The first kappa shape index (κ1) is 18.4. The first-order valence-electron chi connectivity index (χ1n) is 9.25. The van der Waals surface area contributed by atoms with Crippen LogP contribution in [0.3, 0.4) is 0 Å². The van der Waals surface area contributed by atoms with E-state index in [2.05, 4.69) is 10.3 Å². The van der Waals surface area contributed by atoms with Crippen LogP contribution in [0.4, 0.5) is 5.69 Å². The van der Waals surface area contributed by atoms with Gasteiger partial charge in [-0.2, -0.15) is 0 Å². The van der Waals surface area contributed by atoms with Gasteiger partial charge in [-0.05, 0) is 19.1 Å². The Bertz CT molecular complexity index is 983. The van der Waals surface area contributed by atoms with Gasteiger partial charge in [-0.15, -0.1) is 11.3 Å². The molecule has 2 aromatic carbocycles. The van der Waals surface area contributed by atoms with Gasteiger partial charge in [0.05, 0.1) is 18.2 Å². The number of aromatic nitrogens is 1. The Morgan fingerprint density at radius 2 is 1.93 bits per heavy atom. The summed E-state index contributed by atoms with van der Waals surface area (Å²) in [7, 11) is 0. The highest BCUT2D eigenvalue weighted by Gasteiger charge is 2.35. The number of benzene rings is 2. The molecule has 1 aromatic heterocycles. The smallest absolute Gasteiger partial charge is 0.227 e. The second-order valence-electron chi connectivity index (χ2n) is 6.97. The average Bonchev–Trinajstić information content (AvgIpc) is 3.34. The number of anilines is 1. The summed E-state index contributed by atoms with van der Waals surface area (Å²) >= 11 is 1.56. The Morgan fingerprint density at radius 3 is 2.68 bits per heavy atom. The fourth-order valence-electron chi connectivity index (χ4n) is 3.28. The van der Waals surface area contributed by atoms with E-state index in [-0.39, 0.29) is 24.2 Å². The first-order valence-corrected chi connectivity index (χ1v) is 10.1. The Kier molecular flexibility index (Phi) is 5.21. The average molecular weight is 391 g/mol. The predicted molar refractivity (Wildman–Crippen MR) is 111 cm³/mol. The zero-order chi connectivity index (χ0) is 19.5. The van der Waals surface area contributed by atoms with Gasteiger partial charge in [-0.1, -0.05) is 48.0 Å². The van der Waals surface area contributed by atoms with Crippen molar-refractivity contribution in [1.29, 1.82) is 0 Å². The van der Waals surface area contributed by atoms with Crippen LogP contribution in [0.5, 0.6) is 0 Å². The van der Waals surface area contributed by atoms with Crippen molar-refractivity contribution < 1.29 is 9.59 Å². The molecule has 0 aliphatic carbocycles. The van der Waals surface area contributed by atoms with Crippen LogP contribution >= 0.6 is 11.3 Å². The summed E-state index contributed by atoms with van der Waals surface area (Å²) in [5, 5.41) is 5.83. The van der Waals surface area contributed by atoms with Gasteiger partial charge in [0.25, 0.3) is 0 Å². The molecule has 1 atom stereocenters. The molecule has 4 rings (SSSR count). The largest absolute Gasteiger partial charge is 0.350 e. The van der Waals surface area contributed by atoms with E-state index in [0.29, 0.717) is 13.1 Å². The van der Waals surface area contributed by atoms with Crippen LogP contribution in [0, 0.1) is 12.8 Å². The van der Waals surface area contributed by atoms with Crippen LogP contribution in [-0.4, -0.2) is 23.3 Å². The second-order valence-corrected chi connectivity index (χ2v) is 7.83. The van der Waals surface area contributed by atoms with E-state index in [0.717, 1.165) is 27.5 Å². The zero-order valence-electron chi connectivity index (χ0n) is 15.6. The lowest BCUT2D eigenvalue weighted by atomic mass is 10.1. The normalized spacial score (nSPS) is 16.4. The van der Waals surface area contributed by atoms with Crippen molar-refractivity contribution in [2.75, 3.05) is 11.4 Å². The van der Waals surface area contributed by atoms with E-state index in [1.165, 1.54) is 0 Å². The molecule has 0 bridgehead atoms. The summed E-state index contributed by atoms with van der Waals surface area (Å²) in [5.41, 5.74) is 3.89. The van der Waals surface area contributed by atoms with Gasteiger partial charge in [0, 0.05) is 29.6 Å². The summed E-state index contributed by atoms with van der Waals surface area (Å²) in [4.78, 5) is 31.2. The zero-order valence-corrected chi connectivity index (χ0v) is 16.4. The molecule has 0 saturated carbocycles. The number of hydrogen-bond donors (Lipinski definition) is 1. The summed E-state index contributed by atoms with van der Waals surface area (Å²) in [6, 6.07) is 17.8. The highest BCUT2D eigenvalue weighted by molar-refractivity contribution is 7.13. The number of rotatable bonds is 5. The number of carbonyl (C=O) groups excluding carboxylic acids is 2. The third kappa shape index (κ3) is 3.97. The molecule has 142 valence electrons. The molecule has 1 fully saturated rings. The maximum absolute atomic E-state index is 12.6. The number of thiazole rings is 1. The molecule has 5 nitrogen and oxygen atoms in total. The van der Waals surface area contributed by atoms with Crippen LogP contribution in [-0.2, 0) is 16.1 Å². The summed E-state index contributed by atoms with van der Waals surface area (Å²) in [6.07, 6.45) is 0.242. The molecule has 1 aliphatic rings. The van der Waals surface area contributed by atoms with Gasteiger partial charge >= 0.3 is 0 Å². The van der Waals surface area contributed by atoms with E-state index < -0.39 is 0 Å². The molecule has 1 aliphatic heterocycles. The molecular formula is C22H21N3O2S. The number of carbonyl (C=O) groups is 2. The molecule has 6 heteroatoms. The van der Waals surface area contributed by atoms with Gasteiger partial charge in [0.2, 0.25) is 11.8 Å². The second kappa shape index (κ2) is 7.94. The molecule has 2 amide bonds. The van der Waals surface area contributed by atoms with E-state index in [1.54, 1.807) is 16.2 Å². The summed E-state index contributed by atoms with van der Waals surface area (Å²) < 4.78 is 0. The number of nitrogens with one attached hydrogen (secondary N) is 1. The fraction of sp³-hybridized carbons (Fsp3) is 0.227. The SMILES string of the molecule is Cc1ccc(N2CC(C(=O)NCc3csc(-c4ccccc4)n3)CC2=O)cc1. The minimum Gasteiger partial charge on any atom is -0.350 e. The summed E-state index contributed by atoms with van der Waals surface area (Å²) in [6.45, 7) is 2.80. The maximum atomic E-state index is 12.6. The molecule has 1 N–H and O–H groups in total. The minimum atomic E-state index is -0.332. The number of nitrogens with zero attached hydrogens (tertiary/aromatic N) is 2. The first-order chi connectivity index (χ1) is 13.6. The Labute approximate surface area is 168 Å². The van der Waals surface area contributed by atoms with Crippen molar-refractivity contribution in [3.8, 4) is 10.6 Å². The van der Waals surface area contributed by atoms with E-state index >= 15 is 0 Å². The molecule has 2 heterocycles. The highest BCUT2D eigenvalue weighted by atomic mass is 32.1. The molecular weight excluding hydrogens is 370 g/mol. The van der Waals surface area contributed by atoms with Gasteiger partial charge in [0.1, 0.15) is 5.01 Å². The number of aryl methyl sites for hydroxylation is 1. The maximum Gasteiger partial charge on any atom is 0.227 e. The molecule has 0 spiro atoms. The standard InChI is InChI=1S/C22H21N3O2S/c1-15-7-9-19(10-8-15)25-13-17(11-20(25)26)21(27)23-12-18-14-28-22(24-18)16-5-3-2-4-6-16/h2-10,14,17H,11-13H2,1H3,(H,23,27). The number of amides is 2. The molecule has 28 heavy (non-hydrogen) atoms. The van der Waals surface area contributed by atoms with E-state index in [4.69, 9.17) is 0 Å². The topological polar surface area (TPSA) is 62.3 Å². The lowest BCUT2D eigenvalue weighted by Crippen LogP contribution is -2.32. The van der Waals surface area contributed by atoms with Crippen molar-refractivity contribution in [1.82, 2.24) is 10.3 Å². The highest BCUT2D eigenvalue weighted by Crippen LogP contribution is 2.26. The van der Waals surface area contributed by atoms with Crippen molar-refractivity contribution >= 4 is 28.8 Å². The quantitative estimate of drug-likeness (QED) is 0.720. The van der Waals surface area contributed by atoms with Crippen molar-refractivity contribution in [3.05, 3.63) is 71.2 Å². The van der Waals surface area contributed by atoms with E-state index in [1.807, 2.05) is 66.9 Å². The monoisotopic (exact) mass is 391 g/mol. The van der Waals surface area contributed by atoms with E-state index in [9.17, 15) is 9.59 Å². The lowest BCUT2D eigenvalue weighted by molar-refractivity contribution is -0.126. The lowest BCUT2D eigenvalue weighted by Gasteiger charge is -2.16. The Balaban J connectivity index is 1.35. The van der Waals surface area contributed by atoms with Crippen molar-refractivity contribution in [2.45, 2.75) is 19.9 Å². The van der Waals surface area contributed by atoms with Crippen LogP contribution in [0.25, 0.3) is 10.6 Å². The minimum absolute atomic E-state index is 0.0102. The van der Waals surface area contributed by atoms with Crippen LogP contribution < -0.4 is 10.2 Å². The van der Waals surface area contributed by atoms with Gasteiger partial charge < -0.3 is 10.2 Å². The van der Waals surface area contributed by atoms with Gasteiger partial charge in [0.15, 0.2) is 0 Å². The van der Waals surface area contributed by atoms with Gasteiger partial charge in [-0.25, -0.2) is 4.98 Å². The van der Waals surface area contributed by atoms with Crippen molar-refractivity contribution in [2.24, 2.45) is 5.92 Å². The Hall–Kier alpha value is -2.99. The predicted octanol–water partition coefficient (Wildman–Crippen LogP) is 3.79. The summed E-state index contributed by atoms with van der Waals surface area (Å²) in [5.74, 6) is -0.442. The number of hydrogen-bond acceptors (Lipinski definition) is 4. The van der Waals surface area contributed by atoms with Crippen LogP contribution in [0.1, 0.15) is 17.7 Å². The van der Waals surface area contributed by atoms with Crippen molar-refractivity contribution in [3.63, 3.8) is 0 Å². The molecule has 1 unspecified atom stereocenters.